The third kappa shape index (κ3) is 2.41. The van der Waals surface area contributed by atoms with Gasteiger partial charge in [-0.05, 0) is 30.9 Å². The lowest BCUT2D eigenvalue weighted by Crippen LogP contribution is -2.53. The van der Waals surface area contributed by atoms with Crippen LogP contribution >= 0.6 is 0 Å². The highest BCUT2D eigenvalue weighted by Gasteiger charge is 2.46. The van der Waals surface area contributed by atoms with Crippen LogP contribution in [0.25, 0.3) is 0 Å². The number of likely N-dealkylation sites (tertiary alicyclic amines) is 1. The van der Waals surface area contributed by atoms with Gasteiger partial charge in [0.2, 0.25) is 5.91 Å². The summed E-state index contributed by atoms with van der Waals surface area (Å²) in [6.45, 7) is 1.21. The average Bonchev–Trinajstić information content (AvgIpc) is 2.86. The van der Waals surface area contributed by atoms with Gasteiger partial charge in [0.05, 0.1) is 6.04 Å². The molecule has 21 heavy (non-hydrogen) atoms. The second-order valence-corrected chi connectivity index (χ2v) is 5.80. The van der Waals surface area contributed by atoms with E-state index in [0.29, 0.717) is 19.0 Å². The van der Waals surface area contributed by atoms with Gasteiger partial charge in [0, 0.05) is 18.8 Å². The van der Waals surface area contributed by atoms with Crippen LogP contribution < -0.4 is 16.4 Å². The molecule has 2 saturated heterocycles. The van der Waals surface area contributed by atoms with Crippen LogP contribution in [0.1, 0.15) is 12.8 Å². The van der Waals surface area contributed by atoms with Crippen molar-refractivity contribution in [1.82, 2.24) is 4.90 Å². The van der Waals surface area contributed by atoms with Gasteiger partial charge in [0.15, 0.2) is 0 Å². The standard InChI is InChI=1S/C15H20N4O2/c16-14(20)12-8-10-6-7-18(15(17)21)9-13(10)19(12)11-4-2-1-3-5-11/h1-5,10,12-13H,6-9H2,(H2,16,20)(H2,17,21). The zero-order chi connectivity index (χ0) is 15.0. The number of para-hydroxylation sites is 1. The summed E-state index contributed by atoms with van der Waals surface area (Å²) in [5.41, 5.74) is 12.0. The van der Waals surface area contributed by atoms with Crippen LogP contribution in [0.3, 0.4) is 0 Å². The average molecular weight is 288 g/mol. The molecular formula is C15H20N4O2. The Hall–Kier alpha value is -2.24. The summed E-state index contributed by atoms with van der Waals surface area (Å²) < 4.78 is 0. The Kier molecular flexibility index (Phi) is 3.45. The van der Waals surface area contributed by atoms with Crippen LogP contribution in [-0.4, -0.2) is 42.0 Å². The number of piperidine rings is 1. The van der Waals surface area contributed by atoms with Crippen LogP contribution in [0.15, 0.2) is 30.3 Å². The minimum Gasteiger partial charge on any atom is -0.368 e. The molecule has 3 amide bonds. The third-order valence-electron chi connectivity index (χ3n) is 4.63. The Labute approximate surface area is 123 Å². The Morgan fingerprint density at radius 2 is 1.86 bits per heavy atom. The Morgan fingerprint density at radius 3 is 2.48 bits per heavy atom. The van der Waals surface area contributed by atoms with E-state index < -0.39 is 6.03 Å². The van der Waals surface area contributed by atoms with Crippen molar-refractivity contribution >= 4 is 17.6 Å². The predicted molar refractivity (Wildman–Crippen MR) is 79.6 cm³/mol. The molecule has 3 unspecified atom stereocenters. The van der Waals surface area contributed by atoms with E-state index in [-0.39, 0.29) is 18.0 Å². The highest BCUT2D eigenvalue weighted by molar-refractivity contribution is 5.85. The first-order valence-electron chi connectivity index (χ1n) is 7.25. The molecule has 3 rings (SSSR count). The van der Waals surface area contributed by atoms with Gasteiger partial charge in [-0.1, -0.05) is 18.2 Å². The van der Waals surface area contributed by atoms with Gasteiger partial charge in [-0.15, -0.1) is 0 Å². The number of anilines is 1. The first-order valence-corrected chi connectivity index (χ1v) is 7.25. The number of amides is 3. The van der Waals surface area contributed by atoms with Gasteiger partial charge in [-0.2, -0.15) is 0 Å². The van der Waals surface area contributed by atoms with Crippen LogP contribution in [0.4, 0.5) is 10.5 Å². The van der Waals surface area contributed by atoms with E-state index in [1.165, 1.54) is 0 Å². The SMILES string of the molecule is NC(=O)C1CC2CCN(C(N)=O)CC2N1c1ccccc1. The summed E-state index contributed by atoms with van der Waals surface area (Å²) in [4.78, 5) is 27.0. The van der Waals surface area contributed by atoms with Gasteiger partial charge in [0.25, 0.3) is 0 Å². The van der Waals surface area contributed by atoms with E-state index >= 15 is 0 Å². The van der Waals surface area contributed by atoms with E-state index in [2.05, 4.69) is 4.90 Å². The van der Waals surface area contributed by atoms with Gasteiger partial charge in [0.1, 0.15) is 6.04 Å². The lowest BCUT2D eigenvalue weighted by atomic mass is 9.91. The molecule has 4 N–H and O–H groups in total. The van der Waals surface area contributed by atoms with Crippen molar-refractivity contribution in [3.63, 3.8) is 0 Å². The number of fused-ring (bicyclic) bond motifs is 1. The Balaban J connectivity index is 1.92. The third-order valence-corrected chi connectivity index (χ3v) is 4.63. The molecule has 2 fully saturated rings. The zero-order valence-electron chi connectivity index (χ0n) is 11.8. The van der Waals surface area contributed by atoms with Crippen molar-refractivity contribution in [1.29, 1.82) is 0 Å². The molecule has 6 nitrogen and oxygen atoms in total. The van der Waals surface area contributed by atoms with Crippen LogP contribution in [-0.2, 0) is 4.79 Å². The largest absolute Gasteiger partial charge is 0.368 e. The summed E-state index contributed by atoms with van der Waals surface area (Å²) in [5.74, 6) is 0.0668. The van der Waals surface area contributed by atoms with Crippen molar-refractivity contribution in [2.45, 2.75) is 24.9 Å². The molecular weight excluding hydrogens is 268 g/mol. The van der Waals surface area contributed by atoms with E-state index in [4.69, 9.17) is 11.5 Å². The summed E-state index contributed by atoms with van der Waals surface area (Å²) in [6.07, 6.45) is 1.61. The molecule has 2 aliphatic rings. The number of benzene rings is 1. The number of nitrogens with two attached hydrogens (primary N) is 2. The predicted octanol–water partition coefficient (Wildman–Crippen LogP) is 0.520. The fourth-order valence-electron chi connectivity index (χ4n) is 3.63. The Bertz CT molecular complexity index is 548. The number of urea groups is 1. The topological polar surface area (TPSA) is 92.7 Å². The lowest BCUT2D eigenvalue weighted by Gasteiger charge is -2.39. The van der Waals surface area contributed by atoms with E-state index in [1.54, 1.807) is 4.90 Å². The molecule has 112 valence electrons. The number of carbonyl (C=O) groups is 2. The highest BCUT2D eigenvalue weighted by atomic mass is 16.2. The molecule has 0 bridgehead atoms. The molecule has 6 heteroatoms. The molecule has 1 aromatic rings. The molecule has 0 aliphatic carbocycles. The molecule has 0 aromatic heterocycles. The minimum atomic E-state index is -0.399. The van der Waals surface area contributed by atoms with Crippen molar-refractivity contribution in [2.75, 3.05) is 18.0 Å². The first kappa shape index (κ1) is 13.7. The lowest BCUT2D eigenvalue weighted by molar-refractivity contribution is -0.119. The summed E-state index contributed by atoms with van der Waals surface area (Å²) in [7, 11) is 0. The van der Waals surface area contributed by atoms with Crippen LogP contribution in [0.2, 0.25) is 0 Å². The van der Waals surface area contributed by atoms with E-state index in [0.717, 1.165) is 18.5 Å². The van der Waals surface area contributed by atoms with E-state index in [1.807, 2.05) is 30.3 Å². The monoisotopic (exact) mass is 288 g/mol. The molecule has 3 atom stereocenters. The smallest absolute Gasteiger partial charge is 0.314 e. The minimum absolute atomic E-state index is 0.103. The second kappa shape index (κ2) is 5.27. The number of hydrogen-bond acceptors (Lipinski definition) is 3. The number of primary amides is 2. The quantitative estimate of drug-likeness (QED) is 0.831. The number of nitrogens with zero attached hydrogens (tertiary/aromatic N) is 2. The summed E-state index contributed by atoms with van der Waals surface area (Å²) >= 11 is 0. The molecule has 0 radical (unpaired) electrons. The fourth-order valence-corrected chi connectivity index (χ4v) is 3.63. The zero-order valence-corrected chi connectivity index (χ0v) is 11.8. The van der Waals surface area contributed by atoms with Gasteiger partial charge >= 0.3 is 6.03 Å². The fraction of sp³-hybridized carbons (Fsp3) is 0.467. The summed E-state index contributed by atoms with van der Waals surface area (Å²) in [5, 5.41) is 0. The maximum atomic E-state index is 11.8. The van der Waals surface area contributed by atoms with Gasteiger partial charge < -0.3 is 21.3 Å². The normalized spacial score (nSPS) is 28.3. The second-order valence-electron chi connectivity index (χ2n) is 5.80. The van der Waals surface area contributed by atoms with E-state index in [9.17, 15) is 9.59 Å². The highest BCUT2D eigenvalue weighted by Crippen LogP contribution is 2.38. The van der Waals surface area contributed by atoms with Crippen molar-refractivity contribution < 1.29 is 9.59 Å². The molecule has 2 aliphatic heterocycles. The molecule has 0 saturated carbocycles. The molecule has 1 aromatic carbocycles. The van der Waals surface area contributed by atoms with Crippen molar-refractivity contribution in [2.24, 2.45) is 17.4 Å². The maximum Gasteiger partial charge on any atom is 0.314 e. The Morgan fingerprint density at radius 1 is 1.14 bits per heavy atom. The number of rotatable bonds is 2. The molecule has 0 spiro atoms. The number of carbonyl (C=O) groups excluding carboxylic acids is 2. The first-order chi connectivity index (χ1) is 10.1. The van der Waals surface area contributed by atoms with Gasteiger partial charge in [-0.3, -0.25) is 4.79 Å². The maximum absolute atomic E-state index is 11.8. The van der Waals surface area contributed by atoms with Gasteiger partial charge in [-0.25, -0.2) is 4.79 Å². The van der Waals surface area contributed by atoms with Crippen LogP contribution in [0.5, 0.6) is 0 Å². The number of hydrogen-bond donors (Lipinski definition) is 2. The van der Waals surface area contributed by atoms with Crippen molar-refractivity contribution in [3.8, 4) is 0 Å². The van der Waals surface area contributed by atoms with Crippen LogP contribution in [0, 0.1) is 5.92 Å². The summed E-state index contributed by atoms with van der Waals surface area (Å²) in [6, 6.07) is 9.16. The molecule has 2 heterocycles. The van der Waals surface area contributed by atoms with Crippen molar-refractivity contribution in [3.05, 3.63) is 30.3 Å².